The fourth-order valence-corrected chi connectivity index (χ4v) is 7.13. The molecule has 3 unspecified atom stereocenters. The molecule has 1 aromatic heterocycles. The Morgan fingerprint density at radius 2 is 1.88 bits per heavy atom. The summed E-state index contributed by atoms with van der Waals surface area (Å²) in [6.45, 7) is 1.87. The zero-order valence-corrected chi connectivity index (χ0v) is 25.4. The maximum Gasteiger partial charge on any atom is 0.304 e. The summed E-state index contributed by atoms with van der Waals surface area (Å²) in [4.78, 5) is 32.6. The van der Waals surface area contributed by atoms with Crippen molar-refractivity contribution in [3.63, 3.8) is 0 Å². The number of halogens is 2. The van der Waals surface area contributed by atoms with Gasteiger partial charge in [-0.15, -0.1) is 0 Å². The summed E-state index contributed by atoms with van der Waals surface area (Å²) in [5, 5.41) is 11.0. The van der Waals surface area contributed by atoms with Crippen LogP contribution in [0.5, 0.6) is 0 Å². The van der Waals surface area contributed by atoms with E-state index in [9.17, 15) is 23.5 Å². The summed E-state index contributed by atoms with van der Waals surface area (Å²) in [6, 6.07) is 17.3. The van der Waals surface area contributed by atoms with Gasteiger partial charge in [-0.25, -0.2) is 4.31 Å². The highest BCUT2D eigenvalue weighted by Gasteiger charge is 2.54. The number of aromatic nitrogens is 1. The number of hydrogen-bond acceptors (Lipinski definition) is 5. The van der Waals surface area contributed by atoms with Gasteiger partial charge in [-0.3, -0.25) is 18.8 Å². The van der Waals surface area contributed by atoms with Gasteiger partial charge in [0.2, 0.25) is 5.91 Å². The summed E-state index contributed by atoms with van der Waals surface area (Å²) in [6.07, 6.45) is 4.85. The van der Waals surface area contributed by atoms with Crippen LogP contribution < -0.4 is 0 Å². The SMILES string of the molecule is C[C@]1(CC(=O)O)CC(c2cccc(Cl)c2)[C@@H](c2ccc(Cl)cc2)N(C(CN(Cc2cccnc2)S(=O)[O-])C2CC2)C1=O. The average Bonchev–Trinajstić information content (AvgIpc) is 3.79. The second kappa shape index (κ2) is 12.8. The number of carbonyl (C=O) groups is 2. The van der Waals surface area contributed by atoms with Gasteiger partial charge in [0, 0.05) is 58.8 Å². The van der Waals surface area contributed by atoms with Crippen molar-refractivity contribution in [3.8, 4) is 0 Å². The first-order chi connectivity index (χ1) is 20.1. The van der Waals surface area contributed by atoms with Gasteiger partial charge >= 0.3 is 5.97 Å². The molecule has 1 aliphatic carbocycles. The summed E-state index contributed by atoms with van der Waals surface area (Å²) in [7, 11) is 0. The fourth-order valence-electron chi connectivity index (χ4n) is 6.27. The van der Waals surface area contributed by atoms with Crippen molar-refractivity contribution in [2.24, 2.45) is 11.3 Å². The third-order valence-electron chi connectivity index (χ3n) is 8.34. The molecular weight excluding hydrogens is 597 g/mol. The molecule has 2 aliphatic rings. The minimum atomic E-state index is -2.58. The van der Waals surface area contributed by atoms with Gasteiger partial charge in [0.1, 0.15) is 0 Å². The van der Waals surface area contributed by atoms with Gasteiger partial charge in [0.25, 0.3) is 0 Å². The molecule has 1 saturated heterocycles. The number of likely N-dealkylation sites (tertiary alicyclic amines) is 1. The summed E-state index contributed by atoms with van der Waals surface area (Å²) in [5.41, 5.74) is 1.22. The Balaban J connectivity index is 1.64. The van der Waals surface area contributed by atoms with E-state index in [1.54, 1.807) is 54.5 Å². The third kappa shape index (κ3) is 6.87. The van der Waals surface area contributed by atoms with E-state index < -0.39 is 34.7 Å². The van der Waals surface area contributed by atoms with E-state index in [2.05, 4.69) is 4.98 Å². The molecule has 2 heterocycles. The van der Waals surface area contributed by atoms with Gasteiger partial charge in [-0.05, 0) is 72.2 Å². The monoisotopic (exact) mass is 628 g/mol. The number of carboxylic acids is 1. The quantitative estimate of drug-likeness (QED) is 0.260. The van der Waals surface area contributed by atoms with E-state index in [0.717, 1.165) is 29.5 Å². The molecule has 0 bridgehead atoms. The minimum Gasteiger partial charge on any atom is -0.760 e. The number of carboxylic acid groups (broad SMARTS) is 1. The van der Waals surface area contributed by atoms with Gasteiger partial charge in [-0.1, -0.05) is 60.5 Å². The van der Waals surface area contributed by atoms with Gasteiger partial charge < -0.3 is 14.6 Å². The van der Waals surface area contributed by atoms with Crippen molar-refractivity contribution in [1.82, 2.24) is 14.2 Å². The number of pyridine rings is 1. The van der Waals surface area contributed by atoms with Crippen molar-refractivity contribution >= 4 is 46.3 Å². The average molecular weight is 630 g/mol. The number of benzene rings is 2. The number of amides is 1. The number of piperidine rings is 1. The number of rotatable bonds is 11. The van der Waals surface area contributed by atoms with Crippen molar-refractivity contribution in [3.05, 3.63) is 99.8 Å². The minimum absolute atomic E-state index is 0.0656. The lowest BCUT2D eigenvalue weighted by Gasteiger charge is -2.52. The first-order valence-corrected chi connectivity index (χ1v) is 15.6. The molecule has 5 atom stereocenters. The van der Waals surface area contributed by atoms with E-state index in [1.807, 2.05) is 30.3 Å². The highest BCUT2D eigenvalue weighted by molar-refractivity contribution is 7.76. The molecule has 222 valence electrons. The Morgan fingerprint density at radius 3 is 2.48 bits per heavy atom. The predicted octanol–water partition coefficient (Wildman–Crippen LogP) is 6.00. The Bertz CT molecular complexity index is 1460. The number of hydrogen-bond donors (Lipinski definition) is 1. The standard InChI is InChI=1S/C31H33Cl2N3O5S/c1-31(16-28(37)38)15-26(23-5-2-6-25(33)14-23)29(22-9-11-24(32)12-10-22)36(30(31)39)27(21-7-8-21)19-35(42(40)41)18-20-4-3-13-34-17-20/h2-6,9-14,17,21,26-27,29H,7-8,15-16,18-19H2,1H3,(H,37,38)(H,40,41)/p-1/t26?,27?,29-,31-/m1/s1. The van der Waals surface area contributed by atoms with Crippen molar-refractivity contribution in [2.75, 3.05) is 6.54 Å². The number of aliphatic carboxylic acids is 1. The summed E-state index contributed by atoms with van der Waals surface area (Å²) >= 11 is 10.1. The van der Waals surface area contributed by atoms with E-state index in [-0.39, 0.29) is 43.7 Å². The fraction of sp³-hybridized carbons (Fsp3) is 0.387. The molecular formula is C31H32Cl2N3O5S-. The smallest absolute Gasteiger partial charge is 0.304 e. The van der Waals surface area contributed by atoms with Gasteiger partial charge in [0.15, 0.2) is 0 Å². The molecule has 2 aromatic carbocycles. The van der Waals surface area contributed by atoms with Crippen LogP contribution in [0.3, 0.4) is 0 Å². The molecule has 0 spiro atoms. The molecule has 8 nitrogen and oxygen atoms in total. The Labute approximate surface area is 258 Å². The summed E-state index contributed by atoms with van der Waals surface area (Å²) in [5.74, 6) is -1.60. The molecule has 0 radical (unpaired) electrons. The van der Waals surface area contributed by atoms with Crippen LogP contribution in [0.15, 0.2) is 73.1 Å². The van der Waals surface area contributed by atoms with E-state index in [1.165, 1.54) is 4.31 Å². The molecule has 42 heavy (non-hydrogen) atoms. The van der Waals surface area contributed by atoms with Gasteiger partial charge in [-0.2, -0.15) is 0 Å². The van der Waals surface area contributed by atoms with Gasteiger partial charge in [0.05, 0.1) is 17.9 Å². The van der Waals surface area contributed by atoms with E-state index >= 15 is 0 Å². The van der Waals surface area contributed by atoms with E-state index in [4.69, 9.17) is 23.2 Å². The highest BCUT2D eigenvalue weighted by Crippen LogP contribution is 2.54. The van der Waals surface area contributed by atoms with Crippen molar-refractivity contribution in [1.29, 1.82) is 0 Å². The Morgan fingerprint density at radius 1 is 1.14 bits per heavy atom. The lowest BCUT2D eigenvalue weighted by molar-refractivity contribution is -0.161. The van der Waals surface area contributed by atoms with Crippen LogP contribution >= 0.6 is 23.2 Å². The number of carbonyl (C=O) groups excluding carboxylic acids is 1. The van der Waals surface area contributed by atoms with Crippen LogP contribution in [-0.2, 0) is 27.4 Å². The molecule has 1 N–H and O–H groups in total. The third-order valence-corrected chi connectivity index (χ3v) is 9.53. The zero-order chi connectivity index (χ0) is 30.0. The topological polar surface area (TPSA) is 114 Å². The van der Waals surface area contributed by atoms with Crippen LogP contribution in [0.25, 0.3) is 0 Å². The molecule has 2 fully saturated rings. The molecule has 5 rings (SSSR count). The zero-order valence-electron chi connectivity index (χ0n) is 23.1. The summed E-state index contributed by atoms with van der Waals surface area (Å²) < 4.78 is 26.4. The second-order valence-electron chi connectivity index (χ2n) is 11.5. The molecule has 11 heteroatoms. The van der Waals surface area contributed by atoms with Crippen molar-refractivity contribution in [2.45, 2.75) is 57.2 Å². The normalized spacial score (nSPS) is 24.0. The lowest BCUT2D eigenvalue weighted by Crippen LogP contribution is -2.59. The predicted molar refractivity (Wildman–Crippen MR) is 160 cm³/mol. The second-order valence-corrected chi connectivity index (χ2v) is 13.3. The molecule has 1 saturated carbocycles. The number of nitrogens with zero attached hydrogens (tertiary/aromatic N) is 3. The largest absolute Gasteiger partial charge is 0.760 e. The molecule has 1 aliphatic heterocycles. The maximum atomic E-state index is 14.6. The van der Waals surface area contributed by atoms with Crippen LogP contribution in [-0.4, -0.2) is 52.5 Å². The Hall–Kier alpha value is -2.82. The van der Waals surface area contributed by atoms with Crippen LogP contribution in [0.2, 0.25) is 10.0 Å². The van der Waals surface area contributed by atoms with E-state index in [0.29, 0.717) is 10.0 Å². The lowest BCUT2D eigenvalue weighted by atomic mass is 9.67. The van der Waals surface area contributed by atoms with Crippen LogP contribution in [0.1, 0.15) is 61.3 Å². The first kappa shape index (κ1) is 30.6. The Kier molecular flexibility index (Phi) is 9.34. The molecule has 1 amide bonds. The van der Waals surface area contributed by atoms with Crippen molar-refractivity contribution < 1.29 is 23.5 Å². The first-order valence-electron chi connectivity index (χ1n) is 13.8. The van der Waals surface area contributed by atoms with Crippen LogP contribution in [0, 0.1) is 11.3 Å². The maximum absolute atomic E-state index is 14.6. The van der Waals surface area contributed by atoms with Crippen LogP contribution in [0.4, 0.5) is 0 Å². The highest BCUT2D eigenvalue weighted by atomic mass is 35.5. The molecule has 3 aromatic rings.